The van der Waals surface area contributed by atoms with Crippen molar-refractivity contribution in [1.82, 2.24) is 14.9 Å². The number of aliphatic imine (C=N–C) groups is 1. The van der Waals surface area contributed by atoms with Gasteiger partial charge in [0.1, 0.15) is 17.2 Å². The zero-order chi connectivity index (χ0) is 23.0. The van der Waals surface area contributed by atoms with Gasteiger partial charge in [-0.1, -0.05) is 25.1 Å². The van der Waals surface area contributed by atoms with E-state index in [0.717, 1.165) is 6.20 Å². The predicted octanol–water partition coefficient (Wildman–Crippen LogP) is 4.16. The molecule has 0 bridgehead atoms. The number of aromatic nitrogens is 2. The molecule has 0 spiro atoms. The molecule has 2 aromatic heterocycles. The van der Waals surface area contributed by atoms with Crippen LogP contribution in [-0.4, -0.2) is 21.4 Å². The molecule has 5 nitrogen and oxygen atoms in total. The molecule has 0 fully saturated rings. The summed E-state index contributed by atoms with van der Waals surface area (Å²) in [7, 11) is 0. The van der Waals surface area contributed by atoms with Gasteiger partial charge in [0, 0.05) is 29.1 Å². The summed E-state index contributed by atoms with van der Waals surface area (Å²) in [5, 5.41) is 3.28. The lowest BCUT2D eigenvalue weighted by molar-refractivity contribution is 0.0660. The van der Waals surface area contributed by atoms with Gasteiger partial charge in [-0.05, 0) is 43.2 Å². The molecule has 166 valence electrons. The molecule has 3 heterocycles. The van der Waals surface area contributed by atoms with Crippen LogP contribution in [0.5, 0.6) is 0 Å². The van der Waals surface area contributed by atoms with Crippen molar-refractivity contribution in [1.29, 1.82) is 0 Å². The van der Waals surface area contributed by atoms with Crippen molar-refractivity contribution < 1.29 is 17.6 Å². The Morgan fingerprint density at radius 3 is 2.41 bits per heavy atom. The van der Waals surface area contributed by atoms with Crippen LogP contribution in [0.15, 0.2) is 64.6 Å². The third kappa shape index (κ3) is 3.57. The van der Waals surface area contributed by atoms with E-state index in [1.807, 2.05) is 0 Å². The van der Waals surface area contributed by atoms with E-state index in [1.165, 1.54) is 30.5 Å². The highest BCUT2D eigenvalue weighted by Gasteiger charge is 2.45. The van der Waals surface area contributed by atoms with Gasteiger partial charge in [-0.25, -0.2) is 9.37 Å². The molecular formula is C23H20F4N4O. The summed E-state index contributed by atoms with van der Waals surface area (Å²) in [6.45, 7) is 0.502. The first-order chi connectivity index (χ1) is 15.3. The van der Waals surface area contributed by atoms with Crippen LogP contribution < -0.4 is 10.9 Å². The fourth-order valence-corrected chi connectivity index (χ4v) is 4.06. The summed E-state index contributed by atoms with van der Waals surface area (Å²) < 4.78 is 54.5. The molecule has 0 radical (unpaired) electrons. The van der Waals surface area contributed by atoms with E-state index >= 15 is 0 Å². The quantitative estimate of drug-likeness (QED) is 0.475. The number of halogens is 4. The van der Waals surface area contributed by atoms with E-state index in [2.05, 4.69) is 15.3 Å². The minimum Gasteiger partial charge on any atom is -0.354 e. The number of aryl methyl sites for hydroxylation is 1. The van der Waals surface area contributed by atoms with Crippen LogP contribution in [0.25, 0.3) is 0 Å². The number of nitrogens with zero attached hydrogens (tertiary/aromatic N) is 3. The normalized spacial score (nSPS) is 20.3. The molecule has 0 saturated heterocycles. The molecule has 1 aliphatic heterocycles. The van der Waals surface area contributed by atoms with Gasteiger partial charge in [0.25, 0.3) is 5.56 Å². The molecule has 32 heavy (non-hydrogen) atoms. The minimum absolute atomic E-state index is 0.225. The first-order valence-electron chi connectivity index (χ1n) is 10.0. The second kappa shape index (κ2) is 8.22. The zero-order valence-electron chi connectivity index (χ0n) is 17.3. The number of amidine groups is 1. The van der Waals surface area contributed by atoms with Crippen molar-refractivity contribution in [2.75, 3.05) is 0 Å². The van der Waals surface area contributed by atoms with Crippen molar-refractivity contribution in [3.63, 3.8) is 0 Å². The summed E-state index contributed by atoms with van der Waals surface area (Å²) >= 11 is 0. The van der Waals surface area contributed by atoms with Gasteiger partial charge in [-0.15, -0.1) is 0 Å². The Kier molecular flexibility index (Phi) is 5.58. The van der Waals surface area contributed by atoms with Crippen molar-refractivity contribution >= 4 is 5.84 Å². The molecular weight excluding hydrogens is 424 g/mol. The van der Waals surface area contributed by atoms with Crippen molar-refractivity contribution in [3.05, 3.63) is 99.2 Å². The average Bonchev–Trinajstić information content (AvgIpc) is 3.12. The summed E-state index contributed by atoms with van der Waals surface area (Å²) in [4.78, 5) is 20.6. The molecule has 0 unspecified atom stereocenters. The third-order valence-corrected chi connectivity index (χ3v) is 5.73. The summed E-state index contributed by atoms with van der Waals surface area (Å²) in [5.41, 5.74) is -0.0751. The molecule has 1 N–H and O–H groups in total. The van der Waals surface area contributed by atoms with Crippen LogP contribution in [0, 0.1) is 11.8 Å². The maximum absolute atomic E-state index is 13.6. The van der Waals surface area contributed by atoms with Crippen molar-refractivity contribution in [2.45, 2.75) is 38.4 Å². The van der Waals surface area contributed by atoms with Gasteiger partial charge in [0.05, 0.1) is 6.04 Å². The highest BCUT2D eigenvalue weighted by Crippen LogP contribution is 2.38. The molecule has 2 atom stereocenters. The van der Waals surface area contributed by atoms with Gasteiger partial charge in [-0.2, -0.15) is 13.2 Å². The van der Waals surface area contributed by atoms with Gasteiger partial charge in [-0.3, -0.25) is 14.4 Å². The number of nitrogens with one attached hydrogen (secondary N) is 1. The zero-order valence-corrected chi connectivity index (χ0v) is 17.3. The van der Waals surface area contributed by atoms with E-state index in [-0.39, 0.29) is 17.8 Å². The van der Waals surface area contributed by atoms with Crippen LogP contribution in [-0.2, 0) is 12.0 Å². The molecule has 0 aliphatic carbocycles. The average molecular weight is 444 g/mol. The number of alkyl halides is 2. The fraction of sp³-hybridized carbons (Fsp3) is 0.261. The SMILES string of the molecule is CCc1cc(C2=N[C@@H](C)[C@@](c3ccc(F)cc3)(c3ccc(F)nc3)N2)cn(C(F)F)c1=O. The minimum atomic E-state index is -3.00. The van der Waals surface area contributed by atoms with Crippen molar-refractivity contribution in [3.8, 4) is 0 Å². The second-order valence-electron chi connectivity index (χ2n) is 7.56. The van der Waals surface area contributed by atoms with E-state index in [0.29, 0.717) is 21.3 Å². The van der Waals surface area contributed by atoms with Gasteiger partial charge in [0.15, 0.2) is 0 Å². The van der Waals surface area contributed by atoms with E-state index in [4.69, 9.17) is 0 Å². The Morgan fingerprint density at radius 1 is 1.12 bits per heavy atom. The Balaban J connectivity index is 1.86. The smallest absolute Gasteiger partial charge is 0.321 e. The Bertz CT molecular complexity index is 1170. The van der Waals surface area contributed by atoms with Crippen LogP contribution in [0.3, 0.4) is 0 Å². The summed E-state index contributed by atoms with van der Waals surface area (Å²) in [6, 6.07) is 9.55. The highest BCUT2D eigenvalue weighted by molar-refractivity contribution is 6.01. The first kappa shape index (κ1) is 21.7. The van der Waals surface area contributed by atoms with Crippen LogP contribution in [0.1, 0.15) is 42.7 Å². The molecule has 4 rings (SSSR count). The highest BCUT2D eigenvalue weighted by atomic mass is 19.3. The lowest BCUT2D eigenvalue weighted by Gasteiger charge is -2.34. The summed E-state index contributed by atoms with van der Waals surface area (Å²) in [6.07, 6.45) is 2.69. The Morgan fingerprint density at radius 2 is 1.81 bits per heavy atom. The number of rotatable bonds is 5. The standard InChI is InChI=1S/C23H20F4N4O/c1-3-14-10-15(12-31(21(14)32)22(26)27)20-29-13(2)23(30-20,16-4-7-18(24)8-5-16)17-6-9-19(25)28-11-17/h4-13,22H,3H2,1-2H3,(H,29,30)/t13-,23+/m0/s1. The molecule has 0 amide bonds. The molecule has 1 aliphatic rings. The monoisotopic (exact) mass is 444 g/mol. The topological polar surface area (TPSA) is 59.3 Å². The predicted molar refractivity (Wildman–Crippen MR) is 112 cm³/mol. The number of hydrogen-bond donors (Lipinski definition) is 1. The maximum atomic E-state index is 13.6. The lowest BCUT2D eigenvalue weighted by atomic mass is 9.79. The van der Waals surface area contributed by atoms with E-state index in [9.17, 15) is 22.4 Å². The van der Waals surface area contributed by atoms with Crippen LogP contribution >= 0.6 is 0 Å². The van der Waals surface area contributed by atoms with Crippen molar-refractivity contribution in [2.24, 2.45) is 4.99 Å². The Labute approximate surface area is 181 Å². The van der Waals surface area contributed by atoms with Crippen LogP contribution in [0.2, 0.25) is 0 Å². The van der Waals surface area contributed by atoms with E-state index < -0.39 is 35.5 Å². The Hall–Kier alpha value is -3.49. The lowest BCUT2D eigenvalue weighted by Crippen LogP contribution is -2.48. The summed E-state index contributed by atoms with van der Waals surface area (Å²) in [5.74, 6) is -0.800. The molecule has 1 aromatic carbocycles. The largest absolute Gasteiger partial charge is 0.354 e. The molecule has 0 saturated carbocycles. The van der Waals surface area contributed by atoms with E-state index in [1.54, 1.807) is 32.0 Å². The fourth-order valence-electron chi connectivity index (χ4n) is 4.06. The van der Waals surface area contributed by atoms with Crippen LogP contribution in [0.4, 0.5) is 17.6 Å². The third-order valence-electron chi connectivity index (χ3n) is 5.73. The first-order valence-corrected chi connectivity index (χ1v) is 10.0. The number of hydrogen-bond acceptors (Lipinski definition) is 4. The van der Waals surface area contributed by atoms with Gasteiger partial charge in [0.2, 0.25) is 5.95 Å². The van der Waals surface area contributed by atoms with Gasteiger partial charge >= 0.3 is 6.55 Å². The van der Waals surface area contributed by atoms with Gasteiger partial charge < -0.3 is 5.32 Å². The maximum Gasteiger partial charge on any atom is 0.321 e. The molecule has 3 aromatic rings. The number of benzene rings is 1. The molecule has 9 heteroatoms. The number of pyridine rings is 2. The second-order valence-corrected chi connectivity index (χ2v) is 7.56.